The van der Waals surface area contributed by atoms with Gasteiger partial charge in [-0.3, -0.25) is 4.79 Å². The Morgan fingerprint density at radius 1 is 1.17 bits per heavy atom. The molecule has 4 nitrogen and oxygen atoms in total. The monoisotopic (exact) mass is 332 g/mol. The number of benzene rings is 1. The van der Waals surface area contributed by atoms with Gasteiger partial charge < -0.3 is 10.0 Å². The Hall–Kier alpha value is -1.49. The molecule has 23 heavy (non-hydrogen) atoms. The number of fused-ring (bicyclic) bond motifs is 1. The second kappa shape index (κ2) is 7.39. The summed E-state index contributed by atoms with van der Waals surface area (Å²) in [5, 5.41) is 10.6. The zero-order chi connectivity index (χ0) is 16.2. The maximum Gasteiger partial charge on any atom is 0.252 e. The van der Waals surface area contributed by atoms with E-state index in [2.05, 4.69) is 16.8 Å². The first-order valence-corrected chi connectivity index (χ1v) is 9.42. The summed E-state index contributed by atoms with van der Waals surface area (Å²) in [6.07, 6.45) is 6.96. The van der Waals surface area contributed by atoms with E-state index in [0.29, 0.717) is 5.25 Å². The van der Waals surface area contributed by atoms with Gasteiger partial charge in [0.05, 0.1) is 5.92 Å². The first kappa shape index (κ1) is 16.4. The van der Waals surface area contributed by atoms with Crippen LogP contribution in [0.15, 0.2) is 29.3 Å². The van der Waals surface area contributed by atoms with Crippen LogP contribution in [-0.2, 0) is 4.79 Å². The number of carbonyl (C=O) groups is 1. The summed E-state index contributed by atoms with van der Waals surface area (Å²) in [7, 11) is 0. The average Bonchev–Trinajstić information content (AvgIpc) is 2.51. The molecule has 2 aliphatic rings. The molecule has 0 radical (unpaired) electrons. The van der Waals surface area contributed by atoms with Crippen molar-refractivity contribution in [1.82, 2.24) is 0 Å². The summed E-state index contributed by atoms with van der Waals surface area (Å²) in [5.74, 6) is 0.407. The van der Waals surface area contributed by atoms with Crippen molar-refractivity contribution in [3.63, 3.8) is 0 Å². The Balaban J connectivity index is 1.84. The number of nitrogens with zero attached hydrogens (tertiary/aromatic N) is 2. The lowest BCUT2D eigenvalue weighted by molar-refractivity contribution is -0.122. The van der Waals surface area contributed by atoms with Gasteiger partial charge in [-0.2, -0.15) is 4.99 Å². The van der Waals surface area contributed by atoms with Gasteiger partial charge in [-0.15, -0.1) is 0 Å². The predicted octanol–water partition coefficient (Wildman–Crippen LogP) is 4.19. The number of phenols is 1. The van der Waals surface area contributed by atoms with Crippen LogP contribution in [0.5, 0.6) is 5.75 Å². The van der Waals surface area contributed by atoms with Crippen molar-refractivity contribution in [2.45, 2.75) is 50.7 Å². The highest BCUT2D eigenvalue weighted by molar-refractivity contribution is 8.14. The lowest BCUT2D eigenvalue weighted by Crippen LogP contribution is -2.38. The minimum absolute atomic E-state index is 0.0582. The van der Waals surface area contributed by atoms with E-state index in [0.717, 1.165) is 36.7 Å². The van der Waals surface area contributed by atoms with Gasteiger partial charge >= 0.3 is 0 Å². The Bertz CT molecular complexity index is 585. The fraction of sp³-hybridized carbons (Fsp3) is 0.556. The molecule has 3 rings (SSSR count). The molecule has 0 bridgehead atoms. The minimum atomic E-state index is 0.0582. The highest BCUT2D eigenvalue weighted by Gasteiger charge is 2.36. The lowest BCUT2D eigenvalue weighted by Gasteiger charge is -2.34. The van der Waals surface area contributed by atoms with Gasteiger partial charge in [-0.05, 0) is 44.0 Å². The zero-order valence-corrected chi connectivity index (χ0v) is 14.4. The van der Waals surface area contributed by atoms with Crippen molar-refractivity contribution >= 4 is 28.5 Å². The van der Waals surface area contributed by atoms with Gasteiger partial charge in [-0.1, -0.05) is 37.4 Å². The summed E-state index contributed by atoms with van der Waals surface area (Å²) in [4.78, 5) is 19.0. The molecule has 2 unspecified atom stereocenters. The Kier molecular flexibility index (Phi) is 5.26. The van der Waals surface area contributed by atoms with E-state index in [1.165, 1.54) is 19.3 Å². The van der Waals surface area contributed by atoms with Crippen molar-refractivity contribution in [1.29, 1.82) is 0 Å². The number of phenolic OH excluding ortho intramolecular Hbond substituents is 1. The molecule has 2 atom stereocenters. The number of thioether (sulfide) groups is 1. The van der Waals surface area contributed by atoms with E-state index in [1.54, 1.807) is 23.9 Å². The Morgan fingerprint density at radius 2 is 1.87 bits per heavy atom. The van der Waals surface area contributed by atoms with Crippen LogP contribution >= 0.6 is 11.8 Å². The molecule has 1 aliphatic carbocycles. The van der Waals surface area contributed by atoms with E-state index >= 15 is 0 Å². The molecule has 0 aromatic heterocycles. The molecule has 5 heteroatoms. The van der Waals surface area contributed by atoms with Crippen LogP contribution in [0, 0.1) is 5.92 Å². The van der Waals surface area contributed by atoms with Crippen molar-refractivity contribution in [3.05, 3.63) is 24.3 Å². The SMILES string of the molecule is CCN(C1=NC(=O)C2CCCCCCC2S1)c1ccc(O)cc1. The number of amidine groups is 1. The highest BCUT2D eigenvalue weighted by atomic mass is 32.2. The van der Waals surface area contributed by atoms with Crippen molar-refractivity contribution in [3.8, 4) is 5.75 Å². The van der Waals surface area contributed by atoms with E-state index in [-0.39, 0.29) is 17.6 Å². The third-order valence-electron chi connectivity index (χ3n) is 4.69. The summed E-state index contributed by atoms with van der Waals surface area (Å²) in [6.45, 7) is 2.81. The fourth-order valence-corrected chi connectivity index (χ4v) is 4.87. The Morgan fingerprint density at radius 3 is 2.57 bits per heavy atom. The molecule has 1 heterocycles. The molecule has 0 spiro atoms. The molecular formula is C18H24N2O2S. The van der Waals surface area contributed by atoms with Crippen LogP contribution < -0.4 is 4.90 Å². The van der Waals surface area contributed by atoms with Gasteiger partial charge in [0.15, 0.2) is 5.17 Å². The van der Waals surface area contributed by atoms with Crippen LogP contribution in [-0.4, -0.2) is 28.0 Å². The Labute approximate surface area is 142 Å². The molecule has 1 aromatic rings. The number of amides is 1. The molecule has 1 aromatic carbocycles. The molecular weight excluding hydrogens is 308 g/mol. The number of hydrogen-bond donors (Lipinski definition) is 1. The normalized spacial score (nSPS) is 25.1. The van der Waals surface area contributed by atoms with Crippen molar-refractivity contribution in [2.24, 2.45) is 10.9 Å². The second-order valence-corrected chi connectivity index (χ2v) is 7.45. The topological polar surface area (TPSA) is 52.9 Å². The van der Waals surface area contributed by atoms with Gasteiger partial charge in [0.25, 0.3) is 5.91 Å². The maximum atomic E-state index is 12.5. The second-order valence-electron chi connectivity index (χ2n) is 6.25. The molecule has 1 aliphatic heterocycles. The number of aromatic hydroxyl groups is 1. The van der Waals surface area contributed by atoms with Crippen molar-refractivity contribution < 1.29 is 9.90 Å². The van der Waals surface area contributed by atoms with Crippen LogP contribution in [0.1, 0.15) is 45.4 Å². The molecule has 124 valence electrons. The molecule has 0 saturated heterocycles. The number of hydrogen-bond acceptors (Lipinski definition) is 4. The van der Waals surface area contributed by atoms with Crippen LogP contribution in [0.3, 0.4) is 0 Å². The summed E-state index contributed by atoms with van der Waals surface area (Å²) in [6, 6.07) is 7.09. The van der Waals surface area contributed by atoms with E-state index in [1.807, 2.05) is 12.1 Å². The number of anilines is 1. The molecule has 1 amide bonds. The summed E-state index contributed by atoms with van der Waals surface area (Å²) < 4.78 is 0. The summed E-state index contributed by atoms with van der Waals surface area (Å²) >= 11 is 1.77. The van der Waals surface area contributed by atoms with Gasteiger partial charge in [0.1, 0.15) is 5.75 Å². The number of rotatable bonds is 2. The zero-order valence-electron chi connectivity index (χ0n) is 13.6. The first-order valence-electron chi connectivity index (χ1n) is 8.55. The van der Waals surface area contributed by atoms with Gasteiger partial charge in [-0.25, -0.2) is 0 Å². The predicted molar refractivity (Wildman–Crippen MR) is 96.1 cm³/mol. The van der Waals surface area contributed by atoms with Crippen LogP contribution in [0.25, 0.3) is 0 Å². The first-order chi connectivity index (χ1) is 11.2. The van der Waals surface area contributed by atoms with Gasteiger partial charge in [0.2, 0.25) is 0 Å². The third-order valence-corrected chi connectivity index (χ3v) is 6.08. The van der Waals surface area contributed by atoms with Gasteiger partial charge in [0, 0.05) is 17.5 Å². The minimum Gasteiger partial charge on any atom is -0.508 e. The highest BCUT2D eigenvalue weighted by Crippen LogP contribution is 2.38. The van der Waals surface area contributed by atoms with Crippen LogP contribution in [0.4, 0.5) is 5.69 Å². The van der Waals surface area contributed by atoms with Crippen molar-refractivity contribution in [2.75, 3.05) is 11.4 Å². The standard InChI is InChI=1S/C18H24N2O2S/c1-2-20(13-9-11-14(21)12-10-13)18-19-17(22)15-7-5-3-4-6-8-16(15)23-18/h9-12,15-16,21H,2-8H2,1H3. The molecule has 1 N–H and O–H groups in total. The molecule has 1 saturated carbocycles. The lowest BCUT2D eigenvalue weighted by atomic mass is 9.90. The number of carbonyl (C=O) groups excluding carboxylic acids is 1. The summed E-state index contributed by atoms with van der Waals surface area (Å²) in [5.41, 5.74) is 0.966. The fourth-order valence-electron chi connectivity index (χ4n) is 3.40. The third kappa shape index (κ3) is 3.71. The van der Waals surface area contributed by atoms with Crippen LogP contribution in [0.2, 0.25) is 0 Å². The smallest absolute Gasteiger partial charge is 0.252 e. The average molecular weight is 332 g/mol. The van der Waals surface area contributed by atoms with E-state index in [4.69, 9.17) is 0 Å². The van der Waals surface area contributed by atoms with E-state index in [9.17, 15) is 9.90 Å². The largest absolute Gasteiger partial charge is 0.508 e. The number of aliphatic imine (C=N–C) groups is 1. The quantitative estimate of drug-likeness (QED) is 0.882. The molecule has 1 fully saturated rings. The maximum absolute atomic E-state index is 12.5. The van der Waals surface area contributed by atoms with E-state index < -0.39 is 0 Å².